The van der Waals surface area contributed by atoms with E-state index in [1.165, 1.54) is 5.56 Å². The van der Waals surface area contributed by atoms with Crippen molar-refractivity contribution in [1.82, 2.24) is 0 Å². The van der Waals surface area contributed by atoms with Crippen LogP contribution in [0, 0.1) is 11.8 Å². The Hall–Kier alpha value is -1.11. The maximum atomic E-state index is 11.6. The molecule has 72 valence electrons. The van der Waals surface area contributed by atoms with E-state index in [-0.39, 0.29) is 5.41 Å². The van der Waals surface area contributed by atoms with E-state index in [0.29, 0.717) is 17.6 Å². The summed E-state index contributed by atoms with van der Waals surface area (Å²) < 4.78 is 0. The van der Waals surface area contributed by atoms with E-state index in [4.69, 9.17) is 0 Å². The normalized spacial score (nSPS) is 39.6. The second kappa shape index (κ2) is 2.47. The highest BCUT2D eigenvalue weighted by molar-refractivity contribution is 5.89. The van der Waals surface area contributed by atoms with Gasteiger partial charge in [-0.15, -0.1) is 0 Å². The van der Waals surface area contributed by atoms with Crippen LogP contribution < -0.4 is 0 Å². The molecule has 0 radical (unpaired) electrons. The van der Waals surface area contributed by atoms with Crippen LogP contribution in [0.4, 0.5) is 0 Å². The first-order valence-corrected chi connectivity index (χ1v) is 5.33. The van der Waals surface area contributed by atoms with Crippen LogP contribution in [0.15, 0.2) is 30.3 Å². The Morgan fingerprint density at radius 2 is 2.00 bits per heavy atom. The van der Waals surface area contributed by atoms with Crippen molar-refractivity contribution in [3.63, 3.8) is 0 Å². The Morgan fingerprint density at radius 1 is 1.29 bits per heavy atom. The molecule has 0 aliphatic heterocycles. The molecule has 2 aliphatic rings. The predicted molar refractivity (Wildman–Crippen MR) is 55.0 cm³/mol. The molecule has 1 aromatic carbocycles. The molecular formula is C13H14O. The Kier molecular flexibility index (Phi) is 1.45. The van der Waals surface area contributed by atoms with Crippen molar-refractivity contribution in [2.24, 2.45) is 11.8 Å². The maximum absolute atomic E-state index is 11.6. The summed E-state index contributed by atoms with van der Waals surface area (Å²) in [7, 11) is 0. The van der Waals surface area contributed by atoms with Gasteiger partial charge in [0.2, 0.25) is 0 Å². The van der Waals surface area contributed by atoms with Gasteiger partial charge in [-0.1, -0.05) is 37.3 Å². The molecule has 2 unspecified atom stereocenters. The third kappa shape index (κ3) is 0.827. The third-order valence-corrected chi connectivity index (χ3v) is 4.15. The van der Waals surface area contributed by atoms with Crippen LogP contribution in [0.1, 0.15) is 25.3 Å². The van der Waals surface area contributed by atoms with E-state index < -0.39 is 0 Å². The van der Waals surface area contributed by atoms with Crippen LogP contribution >= 0.6 is 0 Å². The van der Waals surface area contributed by atoms with Crippen LogP contribution in [-0.4, -0.2) is 5.78 Å². The van der Waals surface area contributed by atoms with Crippen molar-refractivity contribution >= 4 is 5.78 Å². The second-order valence-electron chi connectivity index (χ2n) is 4.74. The minimum absolute atomic E-state index is 0.177. The topological polar surface area (TPSA) is 17.1 Å². The van der Waals surface area contributed by atoms with Gasteiger partial charge in [0, 0.05) is 17.8 Å². The number of rotatable bonds is 1. The minimum Gasteiger partial charge on any atom is -0.299 e. The van der Waals surface area contributed by atoms with E-state index in [2.05, 4.69) is 31.2 Å². The number of ketones is 1. The van der Waals surface area contributed by atoms with Crippen LogP contribution in [0.3, 0.4) is 0 Å². The molecule has 0 saturated heterocycles. The molecule has 3 rings (SSSR count). The van der Waals surface area contributed by atoms with Crippen LogP contribution in [0.25, 0.3) is 0 Å². The number of hydrogen-bond acceptors (Lipinski definition) is 1. The largest absolute Gasteiger partial charge is 0.299 e. The van der Waals surface area contributed by atoms with Crippen molar-refractivity contribution in [2.45, 2.75) is 25.2 Å². The lowest BCUT2D eigenvalue weighted by atomic mass is 9.89. The molecule has 1 nitrogen and oxygen atoms in total. The molecule has 1 aromatic rings. The lowest BCUT2D eigenvalue weighted by Crippen LogP contribution is -2.13. The first kappa shape index (κ1) is 8.22. The lowest BCUT2D eigenvalue weighted by Gasteiger charge is -2.14. The second-order valence-corrected chi connectivity index (χ2v) is 4.74. The molecule has 3 atom stereocenters. The highest BCUT2D eigenvalue weighted by Gasteiger charge is 2.67. The smallest absolute Gasteiger partial charge is 0.137 e. The van der Waals surface area contributed by atoms with Gasteiger partial charge in [-0.05, 0) is 17.9 Å². The van der Waals surface area contributed by atoms with Crippen molar-refractivity contribution in [3.05, 3.63) is 35.9 Å². The van der Waals surface area contributed by atoms with Gasteiger partial charge in [0.25, 0.3) is 0 Å². The molecular weight excluding hydrogens is 172 g/mol. The van der Waals surface area contributed by atoms with Gasteiger partial charge in [0.1, 0.15) is 5.78 Å². The minimum atomic E-state index is 0.177. The summed E-state index contributed by atoms with van der Waals surface area (Å²) in [4.78, 5) is 11.6. The highest BCUT2D eigenvalue weighted by Crippen LogP contribution is 2.65. The average molecular weight is 186 g/mol. The summed E-state index contributed by atoms with van der Waals surface area (Å²) in [5.74, 6) is 1.46. The maximum Gasteiger partial charge on any atom is 0.137 e. The van der Waals surface area contributed by atoms with Gasteiger partial charge in [-0.3, -0.25) is 4.79 Å². The summed E-state index contributed by atoms with van der Waals surface area (Å²) in [6, 6.07) is 10.5. The summed E-state index contributed by atoms with van der Waals surface area (Å²) in [6.45, 7) is 2.24. The molecule has 0 heterocycles. The summed E-state index contributed by atoms with van der Waals surface area (Å²) in [6.07, 6.45) is 1.92. The monoisotopic (exact) mass is 186 g/mol. The highest BCUT2D eigenvalue weighted by atomic mass is 16.1. The number of fused-ring (bicyclic) bond motifs is 1. The Morgan fingerprint density at radius 3 is 2.57 bits per heavy atom. The van der Waals surface area contributed by atoms with E-state index in [1.807, 2.05) is 6.07 Å². The molecule has 2 saturated carbocycles. The molecule has 1 heteroatoms. The zero-order valence-corrected chi connectivity index (χ0v) is 8.36. The summed E-state index contributed by atoms with van der Waals surface area (Å²) in [5, 5.41) is 0. The molecule has 0 aromatic heterocycles. The zero-order chi connectivity index (χ0) is 9.76. The van der Waals surface area contributed by atoms with Crippen molar-refractivity contribution in [1.29, 1.82) is 0 Å². The molecule has 2 aliphatic carbocycles. The quantitative estimate of drug-likeness (QED) is 0.658. The van der Waals surface area contributed by atoms with Gasteiger partial charge in [-0.25, -0.2) is 0 Å². The van der Waals surface area contributed by atoms with Crippen molar-refractivity contribution in [2.75, 3.05) is 0 Å². The fourth-order valence-corrected chi connectivity index (χ4v) is 3.27. The molecule has 0 bridgehead atoms. The third-order valence-electron chi connectivity index (χ3n) is 4.15. The molecule has 0 spiro atoms. The van der Waals surface area contributed by atoms with Crippen molar-refractivity contribution < 1.29 is 4.79 Å². The number of Topliss-reactive ketones (excluding diaryl/α,β-unsaturated/α-hetero) is 1. The first-order chi connectivity index (χ1) is 6.74. The molecule has 14 heavy (non-hydrogen) atoms. The van der Waals surface area contributed by atoms with Gasteiger partial charge >= 0.3 is 0 Å². The van der Waals surface area contributed by atoms with Gasteiger partial charge < -0.3 is 0 Å². The van der Waals surface area contributed by atoms with Crippen molar-refractivity contribution in [3.8, 4) is 0 Å². The predicted octanol–water partition coefficient (Wildman–Crippen LogP) is 2.55. The standard InChI is InChI=1S/C13H14O/c1-13(9-5-3-2-4-6-9)10-7-8-11(14)12(10)13/h2-6,10,12H,7-8H2,1H3/t10?,12?,13-/m1/s1. The zero-order valence-electron chi connectivity index (χ0n) is 8.36. The molecule has 0 N–H and O–H groups in total. The number of hydrogen-bond donors (Lipinski definition) is 0. The summed E-state index contributed by atoms with van der Waals surface area (Å²) in [5.41, 5.74) is 1.53. The van der Waals surface area contributed by atoms with E-state index in [9.17, 15) is 4.79 Å². The SMILES string of the molecule is C[C@@]1(c2ccccc2)C2CCC(=O)C21. The Balaban J connectivity index is 1.99. The first-order valence-electron chi connectivity index (χ1n) is 5.33. The van der Waals surface area contributed by atoms with Gasteiger partial charge in [0.15, 0.2) is 0 Å². The fraction of sp³-hybridized carbons (Fsp3) is 0.462. The van der Waals surface area contributed by atoms with Crippen LogP contribution in [0.2, 0.25) is 0 Å². The Labute approximate surface area is 84.1 Å². The van der Waals surface area contributed by atoms with E-state index in [0.717, 1.165) is 12.8 Å². The molecule has 2 fully saturated rings. The number of carbonyl (C=O) groups is 1. The summed E-state index contributed by atoms with van der Waals surface area (Å²) >= 11 is 0. The average Bonchev–Trinajstić information content (AvgIpc) is 2.61. The molecule has 0 amide bonds. The van der Waals surface area contributed by atoms with E-state index in [1.54, 1.807) is 0 Å². The van der Waals surface area contributed by atoms with Crippen LogP contribution in [0.5, 0.6) is 0 Å². The van der Waals surface area contributed by atoms with Crippen LogP contribution in [-0.2, 0) is 10.2 Å². The van der Waals surface area contributed by atoms with Gasteiger partial charge in [-0.2, -0.15) is 0 Å². The van der Waals surface area contributed by atoms with E-state index >= 15 is 0 Å². The Bertz CT molecular complexity index is 381. The number of benzene rings is 1. The lowest BCUT2D eigenvalue weighted by molar-refractivity contribution is -0.119. The fourth-order valence-electron chi connectivity index (χ4n) is 3.27. The number of carbonyl (C=O) groups excluding carboxylic acids is 1. The van der Waals surface area contributed by atoms with Gasteiger partial charge in [0.05, 0.1) is 0 Å².